The number of hydrogen-bond acceptors (Lipinski definition) is 5. The van der Waals surface area contributed by atoms with Crippen molar-refractivity contribution < 1.29 is 24.2 Å². The van der Waals surface area contributed by atoms with Gasteiger partial charge in [0.05, 0.1) is 41.3 Å². The third-order valence-corrected chi connectivity index (χ3v) is 10.4. The molecule has 10 heteroatoms. The zero-order valence-electron chi connectivity index (χ0n) is 25.7. The summed E-state index contributed by atoms with van der Waals surface area (Å²) in [5.74, 6) is -2.56. The molecule has 3 saturated heterocycles. The number of fused-ring (bicyclic) bond motifs is 1. The summed E-state index contributed by atoms with van der Waals surface area (Å²) in [6.45, 7) is 12.2. The maximum Gasteiger partial charge on any atom is 0.253 e. The third-order valence-electron chi connectivity index (χ3n) is 9.19. The van der Waals surface area contributed by atoms with Gasteiger partial charge in [0, 0.05) is 24.5 Å². The number of halogens is 2. The van der Waals surface area contributed by atoms with Crippen LogP contribution in [0.4, 0.5) is 5.69 Å². The second-order valence-corrected chi connectivity index (χ2v) is 14.1. The van der Waals surface area contributed by atoms with Gasteiger partial charge in [-0.3, -0.25) is 14.4 Å². The van der Waals surface area contributed by atoms with Crippen LogP contribution in [0.1, 0.15) is 32.3 Å². The van der Waals surface area contributed by atoms with Crippen LogP contribution in [0.25, 0.3) is 0 Å². The Morgan fingerprint density at radius 1 is 1.11 bits per heavy atom. The first-order chi connectivity index (χ1) is 21.6. The van der Waals surface area contributed by atoms with Gasteiger partial charge in [0.25, 0.3) is 5.91 Å². The molecule has 8 nitrogen and oxygen atoms in total. The highest BCUT2D eigenvalue weighted by atomic mass is 79.9. The van der Waals surface area contributed by atoms with Gasteiger partial charge in [-0.25, -0.2) is 0 Å². The Balaban J connectivity index is 1.61. The summed E-state index contributed by atoms with van der Waals surface area (Å²) in [7, 11) is 0. The number of benzene rings is 2. The van der Waals surface area contributed by atoms with E-state index in [4.69, 9.17) is 16.3 Å². The van der Waals surface area contributed by atoms with Crippen LogP contribution in [-0.2, 0) is 25.7 Å². The van der Waals surface area contributed by atoms with E-state index in [0.717, 1.165) is 5.56 Å². The average Bonchev–Trinajstić information content (AvgIpc) is 3.62. The number of carbonyl (C=O) groups is 3. The summed E-state index contributed by atoms with van der Waals surface area (Å²) >= 11 is 10.4. The molecule has 3 heterocycles. The van der Waals surface area contributed by atoms with Gasteiger partial charge in [0.1, 0.15) is 11.6 Å². The number of anilines is 1. The summed E-state index contributed by atoms with van der Waals surface area (Å²) in [5.41, 5.74) is 0.146. The lowest BCUT2D eigenvalue weighted by Gasteiger charge is -2.40. The second kappa shape index (κ2) is 13.8. The van der Waals surface area contributed by atoms with Crippen molar-refractivity contribution in [1.29, 1.82) is 0 Å². The number of aliphatic hydroxyl groups excluding tert-OH is 1. The van der Waals surface area contributed by atoms with Gasteiger partial charge < -0.3 is 24.5 Å². The SMILES string of the molecule is C=CCN(Cc1ccccc1)C(=O)[C@H]1[C@H]2C(=O)N([C@@H](CO)CC(C)C)C(C(=O)N(CC=C)c3ccccc3Cl)C23CC(Br)[C@@H]1O3. The molecule has 5 rings (SSSR count). The van der Waals surface area contributed by atoms with Crippen molar-refractivity contribution in [3.8, 4) is 0 Å². The third kappa shape index (κ3) is 6.00. The van der Waals surface area contributed by atoms with E-state index in [1.165, 1.54) is 9.80 Å². The van der Waals surface area contributed by atoms with Crippen molar-refractivity contribution in [3.63, 3.8) is 0 Å². The quantitative estimate of drug-likeness (QED) is 0.229. The van der Waals surface area contributed by atoms with E-state index >= 15 is 0 Å². The van der Waals surface area contributed by atoms with Gasteiger partial charge in [-0.1, -0.05) is 96.0 Å². The Hall–Kier alpha value is -2.98. The van der Waals surface area contributed by atoms with Crippen LogP contribution in [-0.4, -0.2) is 80.9 Å². The molecule has 240 valence electrons. The fourth-order valence-corrected chi connectivity index (χ4v) is 8.68. The van der Waals surface area contributed by atoms with E-state index in [2.05, 4.69) is 29.1 Å². The number of rotatable bonds is 13. The number of amides is 3. The van der Waals surface area contributed by atoms with Crippen LogP contribution >= 0.6 is 27.5 Å². The zero-order valence-corrected chi connectivity index (χ0v) is 28.1. The number of alkyl halides is 1. The molecular weight excluding hydrogens is 658 g/mol. The maximum atomic E-state index is 14.9. The number of aliphatic hydroxyl groups is 1. The minimum atomic E-state index is -1.29. The molecule has 3 fully saturated rings. The van der Waals surface area contributed by atoms with Crippen molar-refractivity contribution in [2.24, 2.45) is 17.8 Å². The predicted molar refractivity (Wildman–Crippen MR) is 179 cm³/mol. The lowest BCUT2D eigenvalue weighted by molar-refractivity contribution is -0.147. The molecular formula is C35H41BrClN3O5. The van der Waals surface area contributed by atoms with E-state index < -0.39 is 35.6 Å². The Morgan fingerprint density at radius 3 is 2.40 bits per heavy atom. The van der Waals surface area contributed by atoms with Crippen molar-refractivity contribution in [1.82, 2.24) is 9.80 Å². The van der Waals surface area contributed by atoms with Crippen LogP contribution in [0.2, 0.25) is 5.02 Å². The molecule has 3 aliphatic heterocycles. The van der Waals surface area contributed by atoms with E-state index in [9.17, 15) is 19.5 Å². The standard InChI is InChI=1S/C35H41BrClN3O5/c1-5-16-38(20-23-12-8-7-9-13-23)32(42)28-29-33(43)40(24(21-41)18-22(3)4)31(35(29)19-25(36)30(28)45-35)34(44)39(17-6-2)27-15-11-10-14-26(27)37/h5-15,22,24-25,28-31,41H,1-2,16-21H2,3-4H3/t24-,25?,28+,29+,30+,31?,35?/m1/s1. The molecule has 2 bridgehead atoms. The highest BCUT2D eigenvalue weighted by Gasteiger charge is 2.77. The summed E-state index contributed by atoms with van der Waals surface area (Å²) in [5, 5.41) is 11.0. The van der Waals surface area contributed by atoms with Crippen LogP contribution in [0.15, 0.2) is 79.9 Å². The van der Waals surface area contributed by atoms with Gasteiger partial charge >= 0.3 is 0 Å². The van der Waals surface area contributed by atoms with E-state index in [1.807, 2.05) is 44.2 Å². The number of carbonyl (C=O) groups excluding carboxylic acids is 3. The van der Waals surface area contributed by atoms with Gasteiger partial charge in [0.15, 0.2) is 0 Å². The van der Waals surface area contributed by atoms with Crippen LogP contribution in [0.3, 0.4) is 0 Å². The van der Waals surface area contributed by atoms with Gasteiger partial charge in [0.2, 0.25) is 11.8 Å². The molecule has 0 saturated carbocycles. The number of ether oxygens (including phenoxy) is 1. The maximum absolute atomic E-state index is 14.9. The molecule has 7 atom stereocenters. The first-order valence-corrected chi connectivity index (χ1v) is 16.7. The molecule has 2 aromatic carbocycles. The highest BCUT2D eigenvalue weighted by Crippen LogP contribution is 2.61. The monoisotopic (exact) mass is 697 g/mol. The predicted octanol–water partition coefficient (Wildman–Crippen LogP) is 5.23. The Morgan fingerprint density at radius 2 is 1.78 bits per heavy atom. The fraction of sp³-hybridized carbons (Fsp3) is 0.457. The van der Waals surface area contributed by atoms with Crippen LogP contribution < -0.4 is 4.90 Å². The van der Waals surface area contributed by atoms with Crippen molar-refractivity contribution in [2.75, 3.05) is 24.6 Å². The molecule has 3 aliphatic rings. The first kappa shape index (κ1) is 33.4. The number of para-hydroxylation sites is 1. The minimum absolute atomic E-state index is 0.129. The fourth-order valence-electron chi connectivity index (χ4n) is 7.50. The number of hydrogen-bond donors (Lipinski definition) is 1. The number of nitrogens with zero attached hydrogens (tertiary/aromatic N) is 3. The summed E-state index contributed by atoms with van der Waals surface area (Å²) in [4.78, 5) is 48.6. The van der Waals surface area contributed by atoms with Crippen molar-refractivity contribution >= 4 is 50.9 Å². The van der Waals surface area contributed by atoms with E-state index in [1.54, 1.807) is 41.3 Å². The van der Waals surface area contributed by atoms with E-state index in [0.29, 0.717) is 30.1 Å². The largest absolute Gasteiger partial charge is 0.394 e. The minimum Gasteiger partial charge on any atom is -0.394 e. The van der Waals surface area contributed by atoms with Crippen LogP contribution in [0, 0.1) is 17.8 Å². The van der Waals surface area contributed by atoms with Crippen molar-refractivity contribution in [3.05, 3.63) is 90.5 Å². The average molecular weight is 699 g/mol. The number of likely N-dealkylation sites (tertiary alicyclic amines) is 1. The Labute approximate surface area is 278 Å². The highest BCUT2D eigenvalue weighted by molar-refractivity contribution is 9.09. The Kier molecular flexibility index (Phi) is 10.2. The first-order valence-electron chi connectivity index (χ1n) is 15.4. The molecule has 3 amide bonds. The lowest BCUT2D eigenvalue weighted by Crippen LogP contribution is -2.59. The molecule has 2 aromatic rings. The molecule has 1 N–H and O–H groups in total. The van der Waals surface area contributed by atoms with Crippen LogP contribution in [0.5, 0.6) is 0 Å². The lowest BCUT2D eigenvalue weighted by atomic mass is 9.70. The summed E-state index contributed by atoms with van der Waals surface area (Å²) in [6.07, 6.45) is 3.50. The molecule has 1 spiro atoms. The summed E-state index contributed by atoms with van der Waals surface area (Å²) < 4.78 is 6.77. The van der Waals surface area contributed by atoms with Gasteiger partial charge in [-0.15, -0.1) is 13.2 Å². The molecule has 0 radical (unpaired) electrons. The van der Waals surface area contributed by atoms with Crippen molar-refractivity contribution in [2.45, 2.75) is 61.8 Å². The van der Waals surface area contributed by atoms with E-state index in [-0.39, 0.29) is 48.2 Å². The zero-order chi connectivity index (χ0) is 32.5. The molecule has 0 aromatic heterocycles. The summed E-state index contributed by atoms with van der Waals surface area (Å²) in [6, 6.07) is 15.0. The molecule has 0 aliphatic carbocycles. The van der Waals surface area contributed by atoms with Gasteiger partial charge in [-0.2, -0.15) is 0 Å². The topological polar surface area (TPSA) is 90.4 Å². The molecule has 45 heavy (non-hydrogen) atoms. The normalized spacial score (nSPS) is 27.4. The molecule has 3 unspecified atom stereocenters. The second-order valence-electron chi connectivity index (χ2n) is 12.6. The van der Waals surface area contributed by atoms with Gasteiger partial charge in [-0.05, 0) is 36.5 Å². The Bertz CT molecular complexity index is 1440. The smallest absolute Gasteiger partial charge is 0.253 e.